The number of benzene rings is 1. The van der Waals surface area contributed by atoms with Gasteiger partial charge in [0.05, 0.1) is 42.5 Å². The van der Waals surface area contributed by atoms with Crippen molar-refractivity contribution < 1.29 is 23.9 Å². The molecule has 2 aromatic heterocycles. The van der Waals surface area contributed by atoms with E-state index in [2.05, 4.69) is 54.6 Å². The molecule has 3 aliphatic heterocycles. The Kier molecular flexibility index (Phi) is 11.5. The van der Waals surface area contributed by atoms with Crippen LogP contribution in [0.2, 0.25) is 0 Å². The number of rotatable bonds is 12. The van der Waals surface area contributed by atoms with Gasteiger partial charge in [0.2, 0.25) is 23.7 Å². The van der Waals surface area contributed by atoms with Crippen molar-refractivity contribution in [2.24, 2.45) is 5.92 Å². The molecule has 2 aliphatic carbocycles. The summed E-state index contributed by atoms with van der Waals surface area (Å²) in [7, 11) is 5.57. The Bertz CT molecular complexity index is 2010. The average molecular weight is 793 g/mol. The first kappa shape index (κ1) is 39.5. The van der Waals surface area contributed by atoms with Crippen LogP contribution in [0.5, 0.6) is 5.75 Å². The van der Waals surface area contributed by atoms with Gasteiger partial charge in [-0.1, -0.05) is 19.8 Å². The van der Waals surface area contributed by atoms with Gasteiger partial charge in [0.15, 0.2) is 5.82 Å². The topological polar surface area (TPSA) is 165 Å². The first-order chi connectivity index (χ1) is 28.1. The lowest BCUT2D eigenvalue weighted by Gasteiger charge is -2.43. The first-order valence-electron chi connectivity index (χ1n) is 21.0. The van der Waals surface area contributed by atoms with E-state index in [1.165, 1.54) is 0 Å². The minimum atomic E-state index is -0.367. The van der Waals surface area contributed by atoms with Gasteiger partial charge >= 0.3 is 0 Å². The first-order valence-corrected chi connectivity index (χ1v) is 21.0. The number of imide groups is 1. The minimum absolute atomic E-state index is 0.0763. The van der Waals surface area contributed by atoms with Crippen LogP contribution in [-0.2, 0) is 14.4 Å². The van der Waals surface area contributed by atoms with Crippen LogP contribution in [0.1, 0.15) is 99.5 Å². The van der Waals surface area contributed by atoms with Crippen LogP contribution < -0.4 is 35.4 Å². The van der Waals surface area contributed by atoms with Crippen molar-refractivity contribution in [1.82, 2.24) is 30.5 Å². The van der Waals surface area contributed by atoms with Gasteiger partial charge in [-0.2, -0.15) is 4.98 Å². The number of nitrogens with zero attached hydrogens (tertiary/aromatic N) is 7. The van der Waals surface area contributed by atoms with Crippen LogP contribution in [-0.4, -0.2) is 108 Å². The number of anilines is 5. The molecular weight excluding hydrogens is 737 g/mol. The Morgan fingerprint density at radius 1 is 1.00 bits per heavy atom. The third-order valence-electron chi connectivity index (χ3n) is 13.1. The maximum atomic E-state index is 13.4. The summed E-state index contributed by atoms with van der Waals surface area (Å²) in [6.07, 6.45) is 13.5. The summed E-state index contributed by atoms with van der Waals surface area (Å²) >= 11 is 0. The predicted octanol–water partition coefficient (Wildman–Crippen LogP) is 4.76. The number of methoxy groups -OCH3 is 1. The van der Waals surface area contributed by atoms with E-state index in [0.29, 0.717) is 65.6 Å². The Balaban J connectivity index is 0.809. The number of nitrogens with one attached hydrogen (secondary N) is 3. The molecule has 4 fully saturated rings. The number of fused-ring (bicyclic) bond motifs is 1. The van der Waals surface area contributed by atoms with E-state index >= 15 is 0 Å². The highest BCUT2D eigenvalue weighted by atomic mass is 16.5. The van der Waals surface area contributed by atoms with Gasteiger partial charge in [-0.3, -0.25) is 29.5 Å². The highest BCUT2D eigenvalue weighted by molar-refractivity contribution is 6.04. The molecule has 5 aliphatic rings. The van der Waals surface area contributed by atoms with Crippen LogP contribution in [0.25, 0.3) is 0 Å². The largest absolute Gasteiger partial charge is 0.495 e. The number of amides is 4. The number of carbonyl (C=O) groups is 4. The van der Waals surface area contributed by atoms with E-state index in [-0.39, 0.29) is 47.7 Å². The highest BCUT2D eigenvalue weighted by Crippen LogP contribution is 2.40. The van der Waals surface area contributed by atoms with Crippen LogP contribution >= 0.6 is 0 Å². The summed E-state index contributed by atoms with van der Waals surface area (Å²) in [5.74, 6) is 1.40. The minimum Gasteiger partial charge on any atom is -0.495 e. The fourth-order valence-electron chi connectivity index (χ4n) is 9.53. The summed E-state index contributed by atoms with van der Waals surface area (Å²) in [6.45, 7) is 4.99. The highest BCUT2D eigenvalue weighted by Gasteiger charge is 2.41. The number of carbonyl (C=O) groups excluding carboxylic acids is 4. The summed E-state index contributed by atoms with van der Waals surface area (Å²) in [5.41, 5.74) is 3.67. The fourth-order valence-corrected chi connectivity index (χ4v) is 9.53. The van der Waals surface area contributed by atoms with E-state index in [1.807, 2.05) is 24.4 Å². The number of pyridine rings is 1. The zero-order chi connectivity index (χ0) is 40.5. The molecular formula is C43H56N10O5. The number of likely N-dealkylation sites (N-methyl/N-ethyl adjacent to an activating group) is 1. The van der Waals surface area contributed by atoms with Crippen LogP contribution in [0.3, 0.4) is 0 Å². The molecule has 308 valence electrons. The van der Waals surface area contributed by atoms with E-state index in [9.17, 15) is 19.2 Å². The van der Waals surface area contributed by atoms with Crippen LogP contribution in [0, 0.1) is 5.92 Å². The zero-order valence-corrected chi connectivity index (χ0v) is 34.1. The molecule has 0 spiro atoms. The van der Waals surface area contributed by atoms with E-state index < -0.39 is 0 Å². The standard InChI is InChI=1S/C43H56N10O5/c1-5-35-42(57)51(3)36-24-45-43(49-39(36)53(35)29-8-6-7-9-29)47-34-13-10-27(20-37(34)58-4)40(55)46-28-21-31(22-28)50(2)25-26-16-18-52(19-17-26)30-11-14-33(44-23-30)32-12-15-38(54)48-41(32)56/h10-11,13-14,20,23-24,26,28-29,31-32,35H,5-9,12,15-19,21-22,25H2,1-4H3,(H,46,55)(H,45,47,49)(H,48,54,56)/t28?,31?,32?,35-/m1/s1. The molecule has 0 radical (unpaired) electrons. The summed E-state index contributed by atoms with van der Waals surface area (Å²) in [4.78, 5) is 73.3. The SMILES string of the molecule is CC[C@@H]1C(=O)N(C)c2cnc(Nc3ccc(C(=O)NC4CC(N(C)CC5CCN(c6ccc(C7CCC(=O)NC7=O)nc6)CC5)C4)cc3OC)nc2N1C1CCCC1. The lowest BCUT2D eigenvalue weighted by atomic mass is 9.84. The number of ether oxygens (including phenoxy) is 1. The quantitative estimate of drug-likeness (QED) is 0.216. The normalized spacial score (nSPS) is 24.1. The Hall–Kier alpha value is -5.31. The fraction of sp³-hybridized carbons (Fsp3) is 0.558. The van der Waals surface area contributed by atoms with Crippen molar-refractivity contribution in [2.45, 2.75) is 108 Å². The molecule has 0 bridgehead atoms. The molecule has 3 aromatic rings. The van der Waals surface area contributed by atoms with Gasteiger partial charge in [-0.25, -0.2) is 4.98 Å². The van der Waals surface area contributed by atoms with Crippen molar-refractivity contribution in [3.05, 3.63) is 54.0 Å². The van der Waals surface area contributed by atoms with Crippen molar-refractivity contribution in [3.8, 4) is 5.75 Å². The van der Waals surface area contributed by atoms with Gasteiger partial charge in [-0.05, 0) is 94.7 Å². The Morgan fingerprint density at radius 2 is 1.78 bits per heavy atom. The van der Waals surface area contributed by atoms with Crippen molar-refractivity contribution in [1.29, 1.82) is 0 Å². The second-order valence-corrected chi connectivity index (χ2v) is 16.7. The lowest BCUT2D eigenvalue weighted by Crippen LogP contribution is -2.55. The van der Waals surface area contributed by atoms with Crippen molar-refractivity contribution in [2.75, 3.05) is 60.9 Å². The van der Waals surface area contributed by atoms with Crippen molar-refractivity contribution >= 4 is 52.5 Å². The Morgan fingerprint density at radius 3 is 2.47 bits per heavy atom. The number of aromatic nitrogens is 3. The molecule has 2 saturated heterocycles. The summed E-state index contributed by atoms with van der Waals surface area (Å²) in [6, 6.07) is 9.90. The third kappa shape index (κ3) is 8.05. The molecule has 5 heterocycles. The molecule has 3 N–H and O–H groups in total. The van der Waals surface area contributed by atoms with Gasteiger partial charge in [0, 0.05) is 56.8 Å². The molecule has 1 unspecified atom stereocenters. The number of hydrogen-bond acceptors (Lipinski definition) is 12. The number of hydrogen-bond donors (Lipinski definition) is 3. The van der Waals surface area contributed by atoms with Crippen molar-refractivity contribution in [3.63, 3.8) is 0 Å². The van der Waals surface area contributed by atoms with Crippen LogP contribution in [0.4, 0.5) is 28.8 Å². The molecule has 8 rings (SSSR count). The molecule has 1 aromatic carbocycles. The van der Waals surface area contributed by atoms with E-state index in [0.717, 1.165) is 82.5 Å². The lowest BCUT2D eigenvalue weighted by molar-refractivity contribution is -0.134. The zero-order valence-electron chi connectivity index (χ0n) is 34.1. The third-order valence-corrected chi connectivity index (χ3v) is 13.1. The maximum absolute atomic E-state index is 13.4. The Labute approximate surface area is 340 Å². The second-order valence-electron chi connectivity index (χ2n) is 16.7. The van der Waals surface area contributed by atoms with Gasteiger partial charge in [-0.15, -0.1) is 0 Å². The predicted molar refractivity (Wildman–Crippen MR) is 222 cm³/mol. The monoisotopic (exact) mass is 792 g/mol. The average Bonchev–Trinajstić information content (AvgIpc) is 3.75. The molecule has 2 atom stereocenters. The molecule has 15 heteroatoms. The summed E-state index contributed by atoms with van der Waals surface area (Å²) in [5, 5.41) is 8.95. The second kappa shape index (κ2) is 16.9. The maximum Gasteiger partial charge on any atom is 0.251 e. The van der Waals surface area contributed by atoms with Gasteiger partial charge in [0.25, 0.3) is 5.91 Å². The summed E-state index contributed by atoms with van der Waals surface area (Å²) < 4.78 is 5.72. The van der Waals surface area contributed by atoms with E-state index in [1.54, 1.807) is 37.4 Å². The van der Waals surface area contributed by atoms with Crippen LogP contribution in [0.15, 0.2) is 42.7 Å². The molecule has 58 heavy (non-hydrogen) atoms. The molecule has 15 nitrogen and oxygen atoms in total. The van der Waals surface area contributed by atoms with Gasteiger partial charge in [0.1, 0.15) is 17.5 Å². The van der Waals surface area contributed by atoms with Gasteiger partial charge < -0.3 is 35.0 Å². The molecule has 4 amide bonds. The smallest absolute Gasteiger partial charge is 0.251 e. The molecule has 2 saturated carbocycles. The number of piperidine rings is 2. The van der Waals surface area contributed by atoms with E-state index in [4.69, 9.17) is 9.72 Å².